The number of carbonyl (C=O) groups is 1. The first kappa shape index (κ1) is 12.2. The van der Waals surface area contributed by atoms with E-state index in [0.29, 0.717) is 6.42 Å². The number of unbranched alkanes of at least 4 members (excludes halogenated alkanes) is 1. The number of hydrogen-bond acceptors (Lipinski definition) is 3. The Morgan fingerprint density at radius 1 is 1.25 bits per heavy atom. The van der Waals surface area contributed by atoms with Crippen molar-refractivity contribution in [3.63, 3.8) is 0 Å². The van der Waals surface area contributed by atoms with Crippen molar-refractivity contribution in [1.29, 1.82) is 0 Å². The third kappa shape index (κ3) is 10.2. The first-order valence-corrected chi connectivity index (χ1v) is 6.79. The van der Waals surface area contributed by atoms with Crippen LogP contribution in [0, 0.1) is 0 Å². The average Bonchev–Trinajstić information content (AvgIpc) is 2.02. The van der Waals surface area contributed by atoms with Crippen molar-refractivity contribution in [2.45, 2.75) is 32.6 Å². The van der Waals surface area contributed by atoms with Gasteiger partial charge in [0, 0.05) is 17.9 Å². The Labute approximate surface area is 82.4 Å². The number of amides is 1. The quantitative estimate of drug-likeness (QED) is 0.491. The molecule has 0 aliphatic rings. The van der Waals surface area contributed by atoms with Crippen molar-refractivity contribution in [3.05, 3.63) is 0 Å². The van der Waals surface area contributed by atoms with E-state index in [4.69, 9.17) is 5.73 Å². The standard InChI is InChI=1S/C8H17NOS2/c1-2-6-11-12-7-4-3-5-8(9)10/h2-7H2,1H3,(H2,9,10). The van der Waals surface area contributed by atoms with Gasteiger partial charge in [-0.1, -0.05) is 28.5 Å². The average molecular weight is 207 g/mol. The van der Waals surface area contributed by atoms with Gasteiger partial charge < -0.3 is 5.73 Å². The highest BCUT2D eigenvalue weighted by Crippen LogP contribution is 2.22. The van der Waals surface area contributed by atoms with Crippen molar-refractivity contribution in [2.75, 3.05) is 11.5 Å². The molecule has 0 aromatic rings. The number of primary amides is 1. The summed E-state index contributed by atoms with van der Waals surface area (Å²) in [5.41, 5.74) is 5.00. The zero-order valence-corrected chi connectivity index (χ0v) is 9.18. The second-order valence-electron chi connectivity index (χ2n) is 2.57. The van der Waals surface area contributed by atoms with Gasteiger partial charge in [0.1, 0.15) is 0 Å². The number of carbonyl (C=O) groups excluding carboxylic acids is 1. The molecule has 0 spiro atoms. The third-order valence-corrected chi connectivity index (χ3v) is 3.97. The molecular weight excluding hydrogens is 190 g/mol. The van der Waals surface area contributed by atoms with E-state index in [9.17, 15) is 4.79 Å². The van der Waals surface area contributed by atoms with Crippen molar-refractivity contribution in [1.82, 2.24) is 0 Å². The van der Waals surface area contributed by atoms with Gasteiger partial charge >= 0.3 is 0 Å². The van der Waals surface area contributed by atoms with Gasteiger partial charge in [-0.05, 0) is 19.3 Å². The number of nitrogens with two attached hydrogens (primary N) is 1. The van der Waals surface area contributed by atoms with Crippen LogP contribution in [0.25, 0.3) is 0 Å². The molecule has 0 saturated carbocycles. The molecule has 0 aliphatic heterocycles. The summed E-state index contributed by atoms with van der Waals surface area (Å²) in [6.07, 6.45) is 3.82. The van der Waals surface area contributed by atoms with Crippen LogP contribution in [0.4, 0.5) is 0 Å². The Hall–Kier alpha value is 0.170. The fourth-order valence-corrected chi connectivity index (χ4v) is 2.95. The summed E-state index contributed by atoms with van der Waals surface area (Å²) in [5, 5.41) is 0. The summed E-state index contributed by atoms with van der Waals surface area (Å²) < 4.78 is 0. The predicted octanol–water partition coefficient (Wildman–Crippen LogP) is 2.43. The van der Waals surface area contributed by atoms with Gasteiger partial charge in [-0.15, -0.1) is 0 Å². The summed E-state index contributed by atoms with van der Waals surface area (Å²) in [7, 11) is 3.81. The maximum absolute atomic E-state index is 10.3. The number of rotatable bonds is 8. The first-order valence-electron chi connectivity index (χ1n) is 4.30. The van der Waals surface area contributed by atoms with Crippen LogP contribution >= 0.6 is 21.6 Å². The first-order chi connectivity index (χ1) is 5.77. The molecule has 0 bridgehead atoms. The lowest BCUT2D eigenvalue weighted by atomic mass is 10.2. The minimum atomic E-state index is -0.179. The highest BCUT2D eigenvalue weighted by molar-refractivity contribution is 8.76. The molecule has 0 rings (SSSR count). The minimum Gasteiger partial charge on any atom is -0.370 e. The van der Waals surface area contributed by atoms with Crippen LogP contribution in [0.2, 0.25) is 0 Å². The molecule has 12 heavy (non-hydrogen) atoms. The van der Waals surface area contributed by atoms with E-state index >= 15 is 0 Å². The van der Waals surface area contributed by atoms with Crippen LogP contribution in [-0.2, 0) is 4.79 Å². The third-order valence-electron chi connectivity index (χ3n) is 1.27. The Kier molecular flexibility index (Phi) is 9.39. The predicted molar refractivity (Wildman–Crippen MR) is 58.3 cm³/mol. The Bertz CT molecular complexity index is 120. The molecule has 2 N–H and O–H groups in total. The van der Waals surface area contributed by atoms with Crippen LogP contribution in [0.15, 0.2) is 0 Å². The molecule has 0 atom stereocenters. The second-order valence-corrected chi connectivity index (χ2v) is 5.27. The molecule has 1 amide bonds. The van der Waals surface area contributed by atoms with Gasteiger partial charge in [-0.2, -0.15) is 0 Å². The van der Waals surface area contributed by atoms with E-state index in [1.807, 2.05) is 21.6 Å². The van der Waals surface area contributed by atoms with E-state index < -0.39 is 0 Å². The van der Waals surface area contributed by atoms with E-state index in [1.165, 1.54) is 12.2 Å². The SMILES string of the molecule is CCCSSCCCCC(N)=O. The molecule has 0 aromatic carbocycles. The summed E-state index contributed by atoms with van der Waals surface area (Å²) in [4.78, 5) is 10.3. The van der Waals surface area contributed by atoms with Gasteiger partial charge in [0.2, 0.25) is 5.91 Å². The molecule has 0 aromatic heterocycles. The maximum atomic E-state index is 10.3. The number of hydrogen-bond donors (Lipinski definition) is 1. The highest BCUT2D eigenvalue weighted by atomic mass is 33.1. The topological polar surface area (TPSA) is 43.1 Å². The zero-order chi connectivity index (χ0) is 9.23. The molecule has 72 valence electrons. The lowest BCUT2D eigenvalue weighted by molar-refractivity contribution is -0.118. The summed E-state index contributed by atoms with van der Waals surface area (Å²) in [6.45, 7) is 2.18. The zero-order valence-electron chi connectivity index (χ0n) is 7.54. The van der Waals surface area contributed by atoms with Gasteiger partial charge in [0.15, 0.2) is 0 Å². The largest absolute Gasteiger partial charge is 0.370 e. The second kappa shape index (κ2) is 9.26. The molecule has 0 fully saturated rings. The maximum Gasteiger partial charge on any atom is 0.217 e. The van der Waals surface area contributed by atoms with Crippen LogP contribution in [-0.4, -0.2) is 17.4 Å². The lowest BCUT2D eigenvalue weighted by Crippen LogP contribution is -2.09. The fraction of sp³-hybridized carbons (Fsp3) is 0.875. The molecular formula is C8H17NOS2. The van der Waals surface area contributed by atoms with Gasteiger partial charge in [-0.25, -0.2) is 0 Å². The smallest absolute Gasteiger partial charge is 0.217 e. The summed E-state index contributed by atoms with van der Waals surface area (Å²) in [5.74, 6) is 2.18. The van der Waals surface area contributed by atoms with E-state index in [1.54, 1.807) is 0 Å². The van der Waals surface area contributed by atoms with Crippen LogP contribution in [0.3, 0.4) is 0 Å². The minimum absolute atomic E-state index is 0.179. The summed E-state index contributed by atoms with van der Waals surface area (Å²) in [6, 6.07) is 0. The van der Waals surface area contributed by atoms with Gasteiger partial charge in [0.25, 0.3) is 0 Å². The van der Waals surface area contributed by atoms with E-state index in [-0.39, 0.29) is 5.91 Å². The van der Waals surface area contributed by atoms with E-state index in [0.717, 1.165) is 18.6 Å². The van der Waals surface area contributed by atoms with Gasteiger partial charge in [0.05, 0.1) is 0 Å². The molecule has 0 unspecified atom stereocenters. The highest BCUT2D eigenvalue weighted by Gasteiger charge is 1.94. The fourth-order valence-electron chi connectivity index (χ4n) is 0.661. The molecule has 0 heterocycles. The van der Waals surface area contributed by atoms with Crippen molar-refractivity contribution < 1.29 is 4.79 Å². The van der Waals surface area contributed by atoms with Crippen molar-refractivity contribution >= 4 is 27.5 Å². The normalized spacial score (nSPS) is 10.1. The molecule has 0 saturated heterocycles. The molecule has 2 nitrogen and oxygen atoms in total. The Morgan fingerprint density at radius 3 is 2.50 bits per heavy atom. The van der Waals surface area contributed by atoms with Gasteiger partial charge in [-0.3, -0.25) is 4.79 Å². The van der Waals surface area contributed by atoms with Crippen LogP contribution in [0.5, 0.6) is 0 Å². The molecule has 0 aliphatic carbocycles. The van der Waals surface area contributed by atoms with E-state index in [2.05, 4.69) is 6.92 Å². The Morgan fingerprint density at radius 2 is 1.92 bits per heavy atom. The lowest BCUT2D eigenvalue weighted by Gasteiger charge is -1.98. The van der Waals surface area contributed by atoms with Crippen LogP contribution in [0.1, 0.15) is 32.6 Å². The molecule has 4 heteroatoms. The monoisotopic (exact) mass is 207 g/mol. The molecule has 0 radical (unpaired) electrons. The summed E-state index contributed by atoms with van der Waals surface area (Å²) >= 11 is 0. The van der Waals surface area contributed by atoms with Crippen LogP contribution < -0.4 is 5.73 Å². The van der Waals surface area contributed by atoms with Crippen molar-refractivity contribution in [3.8, 4) is 0 Å². The Balaban J connectivity index is 2.86. The van der Waals surface area contributed by atoms with Crippen molar-refractivity contribution in [2.24, 2.45) is 5.73 Å².